The Hall–Kier alpha value is -4.01. The maximum Gasteiger partial charge on any atom is 0.338 e. The summed E-state index contributed by atoms with van der Waals surface area (Å²) in [4.78, 5) is 60.2. The van der Waals surface area contributed by atoms with Crippen LogP contribution in [0.3, 0.4) is 0 Å². The van der Waals surface area contributed by atoms with Crippen LogP contribution in [0, 0.1) is 0 Å². The van der Waals surface area contributed by atoms with Gasteiger partial charge in [0.15, 0.2) is 6.61 Å². The van der Waals surface area contributed by atoms with Crippen LogP contribution in [0.4, 0.5) is 11.4 Å². The fourth-order valence-electron chi connectivity index (χ4n) is 2.86. The van der Waals surface area contributed by atoms with Crippen molar-refractivity contribution in [2.24, 2.45) is 0 Å². The van der Waals surface area contributed by atoms with Crippen molar-refractivity contribution in [3.8, 4) is 0 Å². The number of ether oxygens (including phenoxy) is 2. The van der Waals surface area contributed by atoms with E-state index in [0.29, 0.717) is 11.4 Å². The van der Waals surface area contributed by atoms with E-state index in [1.807, 2.05) is 0 Å². The molecule has 1 aliphatic heterocycles. The molecule has 0 aliphatic carbocycles. The van der Waals surface area contributed by atoms with E-state index in [4.69, 9.17) is 4.74 Å². The molecule has 2 aromatic carbocycles. The highest BCUT2D eigenvalue weighted by Crippen LogP contribution is 2.23. The number of anilines is 2. The number of nitrogens with zero attached hydrogens (tertiary/aromatic N) is 1. The molecule has 0 saturated carbocycles. The van der Waals surface area contributed by atoms with Gasteiger partial charge >= 0.3 is 11.9 Å². The molecule has 154 valence electrons. The average Bonchev–Trinajstić information content (AvgIpc) is 3.09. The second kappa shape index (κ2) is 8.99. The zero-order valence-corrected chi connectivity index (χ0v) is 16.0. The molecule has 0 spiro atoms. The number of hydrogen-bond donors (Lipinski definition) is 1. The monoisotopic (exact) mass is 410 g/mol. The van der Waals surface area contributed by atoms with Crippen molar-refractivity contribution in [2.45, 2.75) is 12.8 Å². The Balaban J connectivity index is 1.55. The number of imide groups is 1. The fourth-order valence-corrected chi connectivity index (χ4v) is 2.86. The highest BCUT2D eigenvalue weighted by atomic mass is 16.5. The first-order valence-corrected chi connectivity index (χ1v) is 9.00. The number of carbonyl (C=O) groups is 5. The van der Waals surface area contributed by atoms with Gasteiger partial charge in [0.25, 0.3) is 5.91 Å². The fraction of sp³-hybridized carbons (Fsp3) is 0.190. The average molecular weight is 410 g/mol. The lowest BCUT2D eigenvalue weighted by Gasteiger charge is -2.14. The lowest BCUT2D eigenvalue weighted by atomic mass is 10.2. The standard InChI is InChI=1S/C21H18N2O7/c1-29-20(27)14-3-2-4-15(11-14)22-17(24)12-30-21(28)13-5-7-16(8-6-13)23-18(25)9-10-19(23)26/h2-8,11H,9-10,12H2,1H3,(H,22,24). The number of benzene rings is 2. The highest BCUT2D eigenvalue weighted by molar-refractivity contribution is 6.19. The zero-order chi connectivity index (χ0) is 21.7. The Morgan fingerprint density at radius 3 is 2.23 bits per heavy atom. The lowest BCUT2D eigenvalue weighted by molar-refractivity contribution is -0.121. The van der Waals surface area contributed by atoms with Crippen LogP contribution in [0.5, 0.6) is 0 Å². The van der Waals surface area contributed by atoms with Crippen LogP contribution in [0.2, 0.25) is 0 Å². The molecule has 1 aliphatic rings. The number of amides is 3. The van der Waals surface area contributed by atoms with Gasteiger partial charge in [0.2, 0.25) is 11.8 Å². The molecule has 0 radical (unpaired) electrons. The molecule has 3 rings (SSSR count). The number of esters is 2. The van der Waals surface area contributed by atoms with Crippen molar-refractivity contribution in [2.75, 3.05) is 23.9 Å². The summed E-state index contributed by atoms with van der Waals surface area (Å²) in [5.41, 5.74) is 1.16. The van der Waals surface area contributed by atoms with Crippen molar-refractivity contribution in [3.63, 3.8) is 0 Å². The number of methoxy groups -OCH3 is 1. The number of nitrogens with one attached hydrogen (secondary N) is 1. The highest BCUT2D eigenvalue weighted by Gasteiger charge is 2.30. The number of rotatable bonds is 6. The van der Waals surface area contributed by atoms with E-state index in [0.717, 1.165) is 4.90 Å². The van der Waals surface area contributed by atoms with Crippen LogP contribution in [0.1, 0.15) is 33.6 Å². The summed E-state index contributed by atoms with van der Waals surface area (Å²) in [6, 6.07) is 11.9. The minimum Gasteiger partial charge on any atom is -0.465 e. The van der Waals surface area contributed by atoms with E-state index in [2.05, 4.69) is 10.1 Å². The maximum atomic E-state index is 12.1. The largest absolute Gasteiger partial charge is 0.465 e. The van der Waals surface area contributed by atoms with Gasteiger partial charge in [0.1, 0.15) is 0 Å². The predicted octanol–water partition coefficient (Wildman–Crippen LogP) is 1.92. The van der Waals surface area contributed by atoms with E-state index in [1.54, 1.807) is 12.1 Å². The minimum absolute atomic E-state index is 0.165. The lowest BCUT2D eigenvalue weighted by Crippen LogP contribution is -2.28. The van der Waals surface area contributed by atoms with Gasteiger partial charge in [-0.2, -0.15) is 0 Å². The van der Waals surface area contributed by atoms with Crippen molar-refractivity contribution < 1.29 is 33.4 Å². The minimum atomic E-state index is -0.737. The van der Waals surface area contributed by atoms with Gasteiger partial charge < -0.3 is 14.8 Å². The molecule has 9 nitrogen and oxygen atoms in total. The third-order valence-electron chi connectivity index (χ3n) is 4.31. The third-order valence-corrected chi connectivity index (χ3v) is 4.31. The van der Waals surface area contributed by atoms with Crippen LogP contribution >= 0.6 is 0 Å². The smallest absolute Gasteiger partial charge is 0.338 e. The summed E-state index contributed by atoms with van der Waals surface area (Å²) >= 11 is 0. The normalized spacial score (nSPS) is 13.2. The Morgan fingerprint density at radius 2 is 1.60 bits per heavy atom. The summed E-state index contributed by atoms with van der Waals surface area (Å²) in [6.07, 6.45) is 0.334. The van der Waals surface area contributed by atoms with E-state index in [1.165, 1.54) is 43.5 Å². The summed E-state index contributed by atoms with van der Waals surface area (Å²) in [5, 5.41) is 2.52. The summed E-state index contributed by atoms with van der Waals surface area (Å²) < 4.78 is 9.59. The first-order valence-electron chi connectivity index (χ1n) is 9.00. The number of hydrogen-bond acceptors (Lipinski definition) is 7. The summed E-state index contributed by atoms with van der Waals surface area (Å²) in [7, 11) is 1.25. The van der Waals surface area contributed by atoms with Crippen molar-refractivity contribution in [1.29, 1.82) is 0 Å². The van der Waals surface area contributed by atoms with Gasteiger partial charge in [-0.15, -0.1) is 0 Å². The zero-order valence-electron chi connectivity index (χ0n) is 16.0. The molecular formula is C21H18N2O7. The van der Waals surface area contributed by atoms with Gasteiger partial charge in [-0.25, -0.2) is 9.59 Å². The van der Waals surface area contributed by atoms with Gasteiger partial charge in [0.05, 0.1) is 23.9 Å². The third kappa shape index (κ3) is 4.69. The predicted molar refractivity (Wildman–Crippen MR) is 105 cm³/mol. The molecule has 9 heteroatoms. The van der Waals surface area contributed by atoms with Crippen LogP contribution in [0.15, 0.2) is 48.5 Å². The number of carbonyl (C=O) groups excluding carboxylic acids is 5. The molecule has 3 amide bonds. The topological polar surface area (TPSA) is 119 Å². The molecule has 0 bridgehead atoms. The molecular weight excluding hydrogens is 392 g/mol. The SMILES string of the molecule is COC(=O)c1cccc(NC(=O)COC(=O)c2ccc(N3C(=O)CCC3=O)cc2)c1. The second-order valence-electron chi connectivity index (χ2n) is 6.37. The molecule has 0 unspecified atom stereocenters. The van der Waals surface area contributed by atoms with Crippen molar-refractivity contribution in [1.82, 2.24) is 0 Å². The Bertz CT molecular complexity index is 998. The van der Waals surface area contributed by atoms with Crippen molar-refractivity contribution >= 4 is 41.0 Å². The van der Waals surface area contributed by atoms with E-state index >= 15 is 0 Å². The van der Waals surface area contributed by atoms with Crippen LogP contribution in [-0.4, -0.2) is 43.4 Å². The maximum absolute atomic E-state index is 12.1. The molecule has 1 fully saturated rings. The molecule has 0 aromatic heterocycles. The summed E-state index contributed by atoms with van der Waals surface area (Å²) in [5.74, 6) is -2.45. The summed E-state index contributed by atoms with van der Waals surface area (Å²) in [6.45, 7) is -0.536. The first kappa shape index (κ1) is 20.7. The first-order chi connectivity index (χ1) is 14.4. The van der Waals surface area contributed by atoms with E-state index < -0.39 is 24.5 Å². The second-order valence-corrected chi connectivity index (χ2v) is 6.37. The molecule has 1 heterocycles. The molecule has 2 aromatic rings. The van der Waals surface area contributed by atoms with E-state index in [-0.39, 0.29) is 35.8 Å². The van der Waals surface area contributed by atoms with Gasteiger partial charge in [-0.1, -0.05) is 6.07 Å². The van der Waals surface area contributed by atoms with Gasteiger partial charge in [0, 0.05) is 18.5 Å². The van der Waals surface area contributed by atoms with Crippen LogP contribution < -0.4 is 10.2 Å². The molecule has 0 atom stereocenters. The Kier molecular flexibility index (Phi) is 6.21. The van der Waals surface area contributed by atoms with Gasteiger partial charge in [-0.3, -0.25) is 19.3 Å². The van der Waals surface area contributed by atoms with Gasteiger partial charge in [-0.05, 0) is 42.5 Å². The molecule has 1 N–H and O–H groups in total. The Labute approximate surface area is 171 Å². The van der Waals surface area contributed by atoms with E-state index in [9.17, 15) is 24.0 Å². The van der Waals surface area contributed by atoms with Crippen LogP contribution in [0.25, 0.3) is 0 Å². The molecule has 30 heavy (non-hydrogen) atoms. The molecule has 1 saturated heterocycles. The Morgan fingerprint density at radius 1 is 0.933 bits per heavy atom. The van der Waals surface area contributed by atoms with Crippen molar-refractivity contribution in [3.05, 3.63) is 59.7 Å². The van der Waals surface area contributed by atoms with Crippen LogP contribution in [-0.2, 0) is 23.9 Å². The quantitative estimate of drug-likeness (QED) is 0.571.